The van der Waals surface area contributed by atoms with Crippen molar-refractivity contribution in [2.24, 2.45) is 23.2 Å². The summed E-state index contributed by atoms with van der Waals surface area (Å²) in [6.07, 6.45) is 14.4. The van der Waals surface area contributed by atoms with Gasteiger partial charge in [-0.15, -0.1) is 0 Å². The van der Waals surface area contributed by atoms with Crippen molar-refractivity contribution in [3.8, 4) is 0 Å². The topological polar surface area (TPSA) is 35.2 Å². The fourth-order valence-electron chi connectivity index (χ4n) is 3.93. The van der Waals surface area contributed by atoms with E-state index in [-0.39, 0.29) is 9.92 Å². The van der Waals surface area contributed by atoms with Crippen LogP contribution in [0.1, 0.15) is 64.2 Å². The van der Waals surface area contributed by atoms with Crippen LogP contribution in [0.15, 0.2) is 0 Å². The molecule has 0 aliphatic heterocycles. The molecule has 2 rings (SSSR count). The summed E-state index contributed by atoms with van der Waals surface area (Å²) >= 11 is 0. The van der Waals surface area contributed by atoms with Crippen LogP contribution >= 0.6 is 0 Å². The summed E-state index contributed by atoms with van der Waals surface area (Å²) in [4.78, 5) is 0. The lowest BCUT2D eigenvalue weighted by Crippen LogP contribution is -2.32. The molecule has 2 saturated carbocycles. The van der Waals surface area contributed by atoms with Crippen LogP contribution in [0.25, 0.3) is 0 Å². The van der Waals surface area contributed by atoms with Crippen molar-refractivity contribution in [2.45, 2.75) is 64.2 Å². The lowest BCUT2D eigenvalue weighted by Gasteiger charge is -2.37. The summed E-state index contributed by atoms with van der Waals surface area (Å²) in [6.45, 7) is 0.935. The van der Waals surface area contributed by atoms with E-state index < -0.39 is 0 Å². The summed E-state index contributed by atoms with van der Waals surface area (Å²) in [5, 5.41) is 5.54. The van der Waals surface area contributed by atoms with Crippen molar-refractivity contribution in [1.29, 1.82) is 0 Å². The Bertz CT molecular complexity index is 182. The summed E-state index contributed by atoms with van der Waals surface area (Å²) in [5.41, 5.74) is 0. The van der Waals surface area contributed by atoms with Gasteiger partial charge in [-0.2, -0.15) is 0 Å². The Labute approximate surface area is 109 Å². The normalized spacial score (nSPS) is 24.4. The standard InChI is InChI=1S/C14H27NOSi/c15-17-16-11-14(12-7-3-1-4-8-12)13-9-5-2-6-10-13/h12-14H,1-11,15H2. The molecule has 0 heterocycles. The Kier molecular flexibility index (Phi) is 6.02. The first kappa shape index (κ1) is 13.6. The lowest BCUT2D eigenvalue weighted by molar-refractivity contribution is 0.0910. The predicted molar refractivity (Wildman–Crippen MR) is 72.5 cm³/mol. The van der Waals surface area contributed by atoms with Gasteiger partial charge in [-0.3, -0.25) is 0 Å². The third kappa shape index (κ3) is 4.07. The van der Waals surface area contributed by atoms with Crippen molar-refractivity contribution in [3.63, 3.8) is 0 Å². The molecule has 2 radical (unpaired) electrons. The first-order valence-electron chi connectivity index (χ1n) is 7.49. The number of hydrogen-bond acceptors (Lipinski definition) is 2. The largest absolute Gasteiger partial charge is 0.402 e. The van der Waals surface area contributed by atoms with Gasteiger partial charge in [0.15, 0.2) is 0 Å². The van der Waals surface area contributed by atoms with E-state index >= 15 is 0 Å². The molecule has 0 atom stereocenters. The van der Waals surface area contributed by atoms with Gasteiger partial charge in [0.2, 0.25) is 0 Å². The summed E-state index contributed by atoms with van der Waals surface area (Å²) in [5.74, 6) is 2.68. The van der Waals surface area contributed by atoms with Crippen LogP contribution in [0.5, 0.6) is 0 Å². The maximum atomic E-state index is 5.61. The van der Waals surface area contributed by atoms with Gasteiger partial charge in [0.1, 0.15) is 0 Å². The Morgan fingerprint density at radius 2 is 1.35 bits per heavy atom. The molecule has 0 aromatic heterocycles. The van der Waals surface area contributed by atoms with E-state index in [1.165, 1.54) is 64.2 Å². The van der Waals surface area contributed by atoms with E-state index in [1.54, 1.807) is 0 Å². The van der Waals surface area contributed by atoms with Gasteiger partial charge in [0.05, 0.1) is 0 Å². The lowest BCUT2D eigenvalue weighted by atomic mass is 9.70. The Morgan fingerprint density at radius 3 is 1.76 bits per heavy atom. The number of nitrogens with two attached hydrogens (primary N) is 1. The highest BCUT2D eigenvalue weighted by Crippen LogP contribution is 2.39. The molecule has 0 aromatic rings. The zero-order valence-corrected chi connectivity index (χ0v) is 12.0. The van der Waals surface area contributed by atoms with E-state index in [4.69, 9.17) is 9.83 Å². The van der Waals surface area contributed by atoms with Crippen LogP contribution in [-0.4, -0.2) is 16.5 Å². The molecule has 2 aliphatic carbocycles. The van der Waals surface area contributed by atoms with Crippen LogP contribution in [0.4, 0.5) is 0 Å². The molecule has 2 N–H and O–H groups in total. The molecule has 3 heteroatoms. The van der Waals surface area contributed by atoms with Crippen molar-refractivity contribution in [2.75, 3.05) is 6.61 Å². The zero-order chi connectivity index (χ0) is 11.9. The van der Waals surface area contributed by atoms with Crippen LogP contribution in [0, 0.1) is 17.8 Å². The van der Waals surface area contributed by atoms with Gasteiger partial charge < -0.3 is 9.83 Å². The van der Waals surface area contributed by atoms with Crippen molar-refractivity contribution < 1.29 is 4.43 Å². The number of hydrogen-bond donors (Lipinski definition) is 1. The highest BCUT2D eigenvalue weighted by atomic mass is 28.2. The van der Waals surface area contributed by atoms with Gasteiger partial charge in [0, 0.05) is 6.61 Å². The summed E-state index contributed by atoms with van der Waals surface area (Å²) in [6, 6.07) is 0. The van der Waals surface area contributed by atoms with Gasteiger partial charge in [-0.1, -0.05) is 64.2 Å². The summed E-state index contributed by atoms with van der Waals surface area (Å²) in [7, 11) is 0.179. The third-order valence-corrected chi connectivity index (χ3v) is 5.20. The Balaban J connectivity index is 1.90. The van der Waals surface area contributed by atoms with Crippen molar-refractivity contribution in [1.82, 2.24) is 0 Å². The molecule has 2 fully saturated rings. The molecule has 0 amide bonds. The molecule has 2 aliphatic rings. The monoisotopic (exact) mass is 253 g/mol. The van der Waals surface area contributed by atoms with Gasteiger partial charge >= 0.3 is 9.92 Å². The van der Waals surface area contributed by atoms with Gasteiger partial charge in [-0.05, 0) is 17.8 Å². The molecule has 17 heavy (non-hydrogen) atoms. The minimum absolute atomic E-state index is 0.179. The Hall–Kier alpha value is 0.137. The molecule has 0 saturated heterocycles. The average molecular weight is 253 g/mol. The first-order valence-corrected chi connectivity index (χ1v) is 8.47. The second kappa shape index (κ2) is 7.55. The fourth-order valence-corrected chi connectivity index (χ4v) is 4.21. The summed E-state index contributed by atoms with van der Waals surface area (Å²) < 4.78 is 5.61. The van der Waals surface area contributed by atoms with Gasteiger partial charge in [-0.25, -0.2) is 0 Å². The van der Waals surface area contributed by atoms with E-state index in [0.717, 1.165) is 24.4 Å². The quantitative estimate of drug-likeness (QED) is 0.763. The van der Waals surface area contributed by atoms with Crippen LogP contribution in [0.3, 0.4) is 0 Å². The zero-order valence-electron chi connectivity index (χ0n) is 11.0. The number of rotatable bonds is 5. The average Bonchev–Trinajstić information content (AvgIpc) is 2.42. The second-order valence-electron chi connectivity index (χ2n) is 5.89. The molecule has 0 spiro atoms. The first-order chi connectivity index (χ1) is 8.42. The molecular weight excluding hydrogens is 226 g/mol. The maximum Gasteiger partial charge on any atom is 0.334 e. The van der Waals surface area contributed by atoms with Crippen LogP contribution in [-0.2, 0) is 4.43 Å². The predicted octanol–water partition coefficient (Wildman–Crippen LogP) is 3.27. The van der Waals surface area contributed by atoms with E-state index in [9.17, 15) is 0 Å². The molecular formula is C14H27NOSi. The fraction of sp³-hybridized carbons (Fsp3) is 1.00. The van der Waals surface area contributed by atoms with Crippen molar-refractivity contribution >= 4 is 9.92 Å². The minimum Gasteiger partial charge on any atom is -0.402 e. The maximum absolute atomic E-state index is 5.61. The molecule has 0 bridgehead atoms. The van der Waals surface area contributed by atoms with E-state index in [1.807, 2.05) is 0 Å². The molecule has 0 aromatic carbocycles. The molecule has 98 valence electrons. The van der Waals surface area contributed by atoms with E-state index in [0.29, 0.717) is 0 Å². The van der Waals surface area contributed by atoms with Crippen molar-refractivity contribution in [3.05, 3.63) is 0 Å². The SMILES string of the molecule is N[Si]OCC(C1CCCCC1)C1CCCCC1. The molecule has 2 nitrogen and oxygen atoms in total. The van der Waals surface area contributed by atoms with Crippen LogP contribution in [0.2, 0.25) is 0 Å². The highest BCUT2D eigenvalue weighted by Gasteiger charge is 2.31. The van der Waals surface area contributed by atoms with E-state index in [2.05, 4.69) is 0 Å². The molecule has 0 unspecified atom stereocenters. The smallest absolute Gasteiger partial charge is 0.334 e. The van der Waals surface area contributed by atoms with Gasteiger partial charge in [0.25, 0.3) is 0 Å². The Morgan fingerprint density at radius 1 is 0.882 bits per heavy atom. The van der Waals surface area contributed by atoms with Crippen LogP contribution < -0.4 is 5.40 Å². The third-order valence-electron chi connectivity index (χ3n) is 4.87. The second-order valence-corrected chi connectivity index (χ2v) is 6.41. The minimum atomic E-state index is 0.179. The highest BCUT2D eigenvalue weighted by molar-refractivity contribution is 6.22.